The number of halogens is 1. The number of benzene rings is 3. The Bertz CT molecular complexity index is 1180. The molecular formula is C22H20ClN3O4S. The molecule has 3 aromatic carbocycles. The van der Waals surface area contributed by atoms with E-state index in [1.54, 1.807) is 54.6 Å². The molecule has 7 nitrogen and oxygen atoms in total. The monoisotopic (exact) mass is 457 g/mol. The molecule has 160 valence electrons. The zero-order chi connectivity index (χ0) is 22.3. The van der Waals surface area contributed by atoms with Crippen LogP contribution >= 0.6 is 11.6 Å². The lowest BCUT2D eigenvalue weighted by molar-refractivity contribution is -0.119. The van der Waals surface area contributed by atoms with Crippen LogP contribution in [0.1, 0.15) is 5.56 Å². The molecule has 9 heteroatoms. The number of anilines is 1. The minimum atomic E-state index is -4.01. The number of nitrogens with one attached hydrogen (secondary N) is 1. The van der Waals surface area contributed by atoms with Crippen LogP contribution in [0.25, 0.3) is 0 Å². The number of amides is 1. The quantitative estimate of drug-likeness (QED) is 0.412. The van der Waals surface area contributed by atoms with Crippen molar-refractivity contribution < 1.29 is 17.9 Å². The summed E-state index contributed by atoms with van der Waals surface area (Å²) in [5.74, 6) is -0.0293. The number of sulfonamides is 1. The molecule has 0 unspecified atom stereocenters. The van der Waals surface area contributed by atoms with E-state index in [0.717, 1.165) is 4.31 Å². The Morgan fingerprint density at radius 3 is 2.48 bits per heavy atom. The van der Waals surface area contributed by atoms with Crippen molar-refractivity contribution in [3.05, 3.63) is 89.4 Å². The first kappa shape index (κ1) is 22.3. The Morgan fingerprint density at radius 1 is 1.06 bits per heavy atom. The third-order valence-electron chi connectivity index (χ3n) is 4.25. The van der Waals surface area contributed by atoms with Gasteiger partial charge in [-0.25, -0.2) is 13.8 Å². The number of carbonyl (C=O) groups excluding carboxylic acids is 1. The van der Waals surface area contributed by atoms with E-state index in [2.05, 4.69) is 10.5 Å². The lowest BCUT2D eigenvalue weighted by atomic mass is 10.2. The van der Waals surface area contributed by atoms with E-state index >= 15 is 0 Å². The molecule has 0 aliphatic rings. The maximum atomic E-state index is 13.2. The molecule has 0 aliphatic heterocycles. The zero-order valence-electron chi connectivity index (χ0n) is 16.6. The van der Waals surface area contributed by atoms with Gasteiger partial charge in [-0.2, -0.15) is 5.10 Å². The fourth-order valence-electron chi connectivity index (χ4n) is 2.78. The Hall–Kier alpha value is -3.36. The average Bonchev–Trinajstić information content (AvgIpc) is 2.78. The zero-order valence-corrected chi connectivity index (χ0v) is 18.2. The normalized spacial score (nSPS) is 11.3. The molecule has 0 fully saturated rings. The van der Waals surface area contributed by atoms with Crippen molar-refractivity contribution >= 4 is 39.4 Å². The first-order valence-electron chi connectivity index (χ1n) is 9.20. The van der Waals surface area contributed by atoms with E-state index in [4.69, 9.17) is 16.3 Å². The summed E-state index contributed by atoms with van der Waals surface area (Å²) in [6, 6.07) is 21.3. The van der Waals surface area contributed by atoms with Gasteiger partial charge in [0.05, 0.1) is 23.9 Å². The molecular weight excluding hydrogens is 438 g/mol. The van der Waals surface area contributed by atoms with Crippen LogP contribution in [0.2, 0.25) is 5.02 Å². The Balaban J connectivity index is 1.83. The van der Waals surface area contributed by atoms with Crippen molar-refractivity contribution in [3.8, 4) is 5.75 Å². The van der Waals surface area contributed by atoms with Crippen molar-refractivity contribution in [2.75, 3.05) is 18.0 Å². The third-order valence-corrected chi connectivity index (χ3v) is 6.27. The van der Waals surface area contributed by atoms with Crippen molar-refractivity contribution in [1.82, 2.24) is 5.43 Å². The third kappa shape index (κ3) is 5.62. The summed E-state index contributed by atoms with van der Waals surface area (Å²) in [6.45, 7) is -0.485. The van der Waals surface area contributed by atoms with E-state index in [9.17, 15) is 13.2 Å². The molecule has 0 atom stereocenters. The molecule has 3 rings (SSSR count). The Labute approximate surface area is 186 Å². The number of rotatable bonds is 8. The van der Waals surface area contributed by atoms with Gasteiger partial charge in [-0.15, -0.1) is 0 Å². The molecule has 0 heterocycles. The number of ether oxygens (including phenoxy) is 1. The van der Waals surface area contributed by atoms with Gasteiger partial charge in [-0.05, 0) is 42.5 Å². The summed E-state index contributed by atoms with van der Waals surface area (Å²) in [6.07, 6.45) is 1.42. The van der Waals surface area contributed by atoms with Gasteiger partial charge >= 0.3 is 0 Å². The van der Waals surface area contributed by atoms with Gasteiger partial charge in [0.2, 0.25) is 0 Å². The number of para-hydroxylation sites is 1. The summed E-state index contributed by atoms with van der Waals surface area (Å²) in [7, 11) is -2.48. The average molecular weight is 458 g/mol. The van der Waals surface area contributed by atoms with Gasteiger partial charge in [0.15, 0.2) is 0 Å². The van der Waals surface area contributed by atoms with Crippen LogP contribution in [0, 0.1) is 0 Å². The molecule has 0 bridgehead atoms. The highest BCUT2D eigenvalue weighted by molar-refractivity contribution is 7.92. The van der Waals surface area contributed by atoms with Crippen molar-refractivity contribution in [2.24, 2.45) is 5.10 Å². The molecule has 1 N–H and O–H groups in total. The molecule has 0 radical (unpaired) electrons. The number of hydrogen-bond acceptors (Lipinski definition) is 5. The summed E-state index contributed by atoms with van der Waals surface area (Å²) in [4.78, 5) is 12.6. The standard InChI is InChI=1S/C22H20ClN3O4S/c1-30-21-13-6-5-8-17(21)15-24-25-22(27)16-26(19-10-7-9-18(23)14-19)31(28,29)20-11-3-2-4-12-20/h2-15H,16H2,1H3,(H,25,27)/b24-15-. The molecule has 0 saturated heterocycles. The minimum Gasteiger partial charge on any atom is -0.496 e. The SMILES string of the molecule is COc1ccccc1/C=N\NC(=O)CN(c1cccc(Cl)c1)S(=O)(=O)c1ccccc1. The predicted molar refractivity (Wildman–Crippen MR) is 121 cm³/mol. The first-order chi connectivity index (χ1) is 14.9. The Kier molecular flexibility index (Phi) is 7.28. The van der Waals surface area contributed by atoms with E-state index in [1.807, 2.05) is 6.07 Å². The molecule has 31 heavy (non-hydrogen) atoms. The number of hydrazone groups is 1. The molecule has 0 spiro atoms. The van der Waals surface area contributed by atoms with E-state index in [-0.39, 0.29) is 10.6 Å². The first-order valence-corrected chi connectivity index (χ1v) is 11.0. The lowest BCUT2D eigenvalue weighted by Gasteiger charge is -2.23. The topological polar surface area (TPSA) is 88.1 Å². The summed E-state index contributed by atoms with van der Waals surface area (Å²) >= 11 is 6.04. The van der Waals surface area contributed by atoms with Gasteiger partial charge in [0.25, 0.3) is 15.9 Å². The number of methoxy groups -OCH3 is 1. The molecule has 0 aliphatic carbocycles. The molecule has 1 amide bonds. The number of nitrogens with zero attached hydrogens (tertiary/aromatic N) is 2. The smallest absolute Gasteiger partial charge is 0.264 e. The van der Waals surface area contributed by atoms with Gasteiger partial charge in [0.1, 0.15) is 12.3 Å². The van der Waals surface area contributed by atoms with Crippen molar-refractivity contribution in [3.63, 3.8) is 0 Å². The van der Waals surface area contributed by atoms with Crippen LogP contribution < -0.4 is 14.5 Å². The van der Waals surface area contributed by atoms with Crippen molar-refractivity contribution in [2.45, 2.75) is 4.90 Å². The van der Waals surface area contributed by atoms with Crippen LogP contribution in [0.3, 0.4) is 0 Å². The largest absolute Gasteiger partial charge is 0.496 e. The Morgan fingerprint density at radius 2 is 1.77 bits per heavy atom. The second kappa shape index (κ2) is 10.1. The van der Waals surface area contributed by atoms with Gasteiger partial charge in [-0.3, -0.25) is 9.10 Å². The summed E-state index contributed by atoms with van der Waals surface area (Å²) in [5, 5.41) is 4.26. The maximum Gasteiger partial charge on any atom is 0.264 e. The summed E-state index contributed by atoms with van der Waals surface area (Å²) < 4.78 is 32.6. The van der Waals surface area contributed by atoms with Crippen LogP contribution in [-0.4, -0.2) is 34.2 Å². The van der Waals surface area contributed by atoms with Gasteiger partial charge in [0, 0.05) is 10.6 Å². The summed E-state index contributed by atoms with van der Waals surface area (Å²) in [5.41, 5.74) is 3.28. The predicted octanol–water partition coefficient (Wildman–Crippen LogP) is 3.69. The highest BCUT2D eigenvalue weighted by Gasteiger charge is 2.27. The molecule has 0 saturated carbocycles. The second-order valence-corrected chi connectivity index (χ2v) is 8.64. The lowest BCUT2D eigenvalue weighted by Crippen LogP contribution is -2.39. The maximum absolute atomic E-state index is 13.2. The highest BCUT2D eigenvalue weighted by atomic mass is 35.5. The molecule has 3 aromatic rings. The van der Waals surface area contributed by atoms with Crippen LogP contribution in [0.15, 0.2) is 88.9 Å². The van der Waals surface area contributed by atoms with Crippen LogP contribution in [0.5, 0.6) is 5.75 Å². The molecule has 0 aromatic heterocycles. The van der Waals surface area contributed by atoms with Gasteiger partial charge in [-0.1, -0.05) is 48.0 Å². The van der Waals surface area contributed by atoms with Gasteiger partial charge < -0.3 is 4.74 Å². The van der Waals surface area contributed by atoms with Crippen LogP contribution in [0.4, 0.5) is 5.69 Å². The fourth-order valence-corrected chi connectivity index (χ4v) is 4.40. The highest BCUT2D eigenvalue weighted by Crippen LogP contribution is 2.26. The second-order valence-electron chi connectivity index (χ2n) is 6.34. The van der Waals surface area contributed by atoms with E-state index < -0.39 is 22.5 Å². The van der Waals surface area contributed by atoms with E-state index in [1.165, 1.54) is 31.5 Å². The number of carbonyl (C=O) groups is 1. The van der Waals surface area contributed by atoms with Crippen LogP contribution in [-0.2, 0) is 14.8 Å². The van der Waals surface area contributed by atoms with Crippen molar-refractivity contribution in [1.29, 1.82) is 0 Å². The number of hydrogen-bond donors (Lipinski definition) is 1. The van der Waals surface area contributed by atoms with E-state index in [0.29, 0.717) is 16.3 Å². The minimum absolute atomic E-state index is 0.0558. The fraction of sp³-hybridized carbons (Fsp3) is 0.0909.